The second-order valence-corrected chi connectivity index (χ2v) is 3.54. The average molecular weight is 213 g/mol. The van der Waals surface area contributed by atoms with Gasteiger partial charge in [-0.15, -0.1) is 0 Å². The molecule has 0 aromatic carbocycles. The Morgan fingerprint density at radius 3 is 2.93 bits per heavy atom. The highest BCUT2D eigenvalue weighted by Crippen LogP contribution is 2.08. The van der Waals surface area contributed by atoms with E-state index in [2.05, 4.69) is 21.9 Å². The summed E-state index contributed by atoms with van der Waals surface area (Å²) in [5.74, 6) is 1.40. The molecule has 0 unspecified atom stereocenters. The zero-order valence-electron chi connectivity index (χ0n) is 8.29. The summed E-state index contributed by atoms with van der Waals surface area (Å²) in [4.78, 5) is 10.2. The van der Waals surface area contributed by atoms with Gasteiger partial charge in [0.15, 0.2) is 0 Å². The highest BCUT2D eigenvalue weighted by atomic mass is 35.5. The second kappa shape index (κ2) is 4.81. The smallest absolute Gasteiger partial charge is 0.224 e. The molecule has 5 heteroatoms. The predicted molar refractivity (Wildman–Crippen MR) is 59.8 cm³/mol. The lowest BCUT2D eigenvalue weighted by Gasteiger charge is -2.11. The molecule has 76 valence electrons. The molecule has 0 aliphatic rings. The number of halogens is 1. The molecule has 1 N–H and O–H groups in total. The fourth-order valence-corrected chi connectivity index (χ4v) is 0.925. The van der Waals surface area contributed by atoms with Crippen LogP contribution in [0.2, 0.25) is 0 Å². The fourth-order valence-electron chi connectivity index (χ4n) is 0.858. The van der Waals surface area contributed by atoms with Crippen molar-refractivity contribution in [3.8, 4) is 0 Å². The van der Waals surface area contributed by atoms with E-state index < -0.39 is 0 Å². The van der Waals surface area contributed by atoms with E-state index in [9.17, 15) is 0 Å². The summed E-state index contributed by atoms with van der Waals surface area (Å²) in [6.45, 7) is 4.04. The largest absolute Gasteiger partial charge is 0.363 e. The Kier molecular flexibility index (Phi) is 3.71. The third kappa shape index (κ3) is 3.22. The second-order valence-electron chi connectivity index (χ2n) is 3.00. The van der Waals surface area contributed by atoms with Gasteiger partial charge in [0.25, 0.3) is 0 Å². The standard InChI is InChI=1S/C9H13ClN4/c1-7(10)6-12-9-11-5-4-8(13-9)14(2)3/h4-5H,1,6H2,2-3H3,(H,11,12,13). The molecule has 0 saturated carbocycles. The van der Waals surface area contributed by atoms with Crippen molar-refractivity contribution in [3.63, 3.8) is 0 Å². The van der Waals surface area contributed by atoms with Crippen LogP contribution in [0.15, 0.2) is 23.9 Å². The molecule has 1 aromatic heterocycles. The molecule has 0 amide bonds. The van der Waals surface area contributed by atoms with Crippen molar-refractivity contribution in [1.82, 2.24) is 9.97 Å². The van der Waals surface area contributed by atoms with Gasteiger partial charge in [-0.25, -0.2) is 4.98 Å². The summed E-state index contributed by atoms with van der Waals surface area (Å²) in [7, 11) is 3.85. The molecule has 4 nitrogen and oxygen atoms in total. The van der Waals surface area contributed by atoms with Gasteiger partial charge in [-0.3, -0.25) is 0 Å². The lowest BCUT2D eigenvalue weighted by molar-refractivity contribution is 1.03. The first-order valence-electron chi connectivity index (χ1n) is 4.17. The monoisotopic (exact) mass is 212 g/mol. The van der Waals surface area contributed by atoms with Crippen LogP contribution < -0.4 is 10.2 Å². The van der Waals surface area contributed by atoms with Crippen molar-refractivity contribution in [2.45, 2.75) is 0 Å². The molecule has 1 aromatic rings. The van der Waals surface area contributed by atoms with E-state index in [1.54, 1.807) is 6.20 Å². The molecular formula is C9H13ClN4. The lowest BCUT2D eigenvalue weighted by Crippen LogP contribution is -2.13. The zero-order valence-corrected chi connectivity index (χ0v) is 9.04. The van der Waals surface area contributed by atoms with Crippen molar-refractivity contribution in [2.75, 3.05) is 30.9 Å². The maximum atomic E-state index is 5.61. The summed E-state index contributed by atoms with van der Waals surface area (Å²) in [5, 5.41) is 3.49. The van der Waals surface area contributed by atoms with Crippen LogP contribution in [0.4, 0.5) is 11.8 Å². The van der Waals surface area contributed by atoms with E-state index in [4.69, 9.17) is 11.6 Å². The average Bonchev–Trinajstić information content (AvgIpc) is 2.15. The summed E-state index contributed by atoms with van der Waals surface area (Å²) in [6, 6.07) is 1.83. The Morgan fingerprint density at radius 2 is 2.36 bits per heavy atom. The number of hydrogen-bond donors (Lipinski definition) is 1. The maximum absolute atomic E-state index is 5.61. The van der Waals surface area contributed by atoms with Crippen molar-refractivity contribution in [1.29, 1.82) is 0 Å². The van der Waals surface area contributed by atoms with Gasteiger partial charge in [-0.05, 0) is 6.07 Å². The topological polar surface area (TPSA) is 41.1 Å². The molecule has 0 aliphatic carbocycles. The molecular weight excluding hydrogens is 200 g/mol. The molecule has 0 radical (unpaired) electrons. The minimum atomic E-state index is 0.471. The van der Waals surface area contributed by atoms with Gasteiger partial charge >= 0.3 is 0 Å². The summed E-state index contributed by atoms with van der Waals surface area (Å²) >= 11 is 5.61. The third-order valence-electron chi connectivity index (χ3n) is 1.54. The van der Waals surface area contributed by atoms with Crippen molar-refractivity contribution < 1.29 is 0 Å². The number of rotatable bonds is 4. The Labute approximate surface area is 88.6 Å². The molecule has 0 fully saturated rings. The number of nitrogens with zero attached hydrogens (tertiary/aromatic N) is 3. The van der Waals surface area contributed by atoms with Crippen LogP contribution in [0.25, 0.3) is 0 Å². The van der Waals surface area contributed by atoms with Gasteiger partial charge in [0, 0.05) is 25.3 Å². The number of hydrogen-bond acceptors (Lipinski definition) is 4. The minimum Gasteiger partial charge on any atom is -0.363 e. The van der Waals surface area contributed by atoms with Crippen molar-refractivity contribution in [3.05, 3.63) is 23.9 Å². The van der Waals surface area contributed by atoms with E-state index >= 15 is 0 Å². The van der Waals surface area contributed by atoms with Crippen LogP contribution in [0, 0.1) is 0 Å². The number of aromatic nitrogens is 2. The zero-order chi connectivity index (χ0) is 10.6. The van der Waals surface area contributed by atoms with Crippen LogP contribution in [-0.4, -0.2) is 30.6 Å². The van der Waals surface area contributed by atoms with Crippen LogP contribution in [0.1, 0.15) is 0 Å². The molecule has 0 aliphatic heterocycles. The van der Waals surface area contributed by atoms with Crippen LogP contribution >= 0.6 is 11.6 Å². The first-order valence-corrected chi connectivity index (χ1v) is 4.55. The van der Waals surface area contributed by atoms with E-state index in [-0.39, 0.29) is 0 Å². The lowest BCUT2D eigenvalue weighted by atomic mass is 10.5. The van der Waals surface area contributed by atoms with Gasteiger partial charge in [-0.2, -0.15) is 4.98 Å². The Bertz CT molecular complexity index is 324. The molecule has 1 rings (SSSR count). The van der Waals surface area contributed by atoms with Gasteiger partial charge in [0.05, 0.1) is 6.54 Å². The summed E-state index contributed by atoms with van der Waals surface area (Å²) < 4.78 is 0. The highest BCUT2D eigenvalue weighted by Gasteiger charge is 1.99. The maximum Gasteiger partial charge on any atom is 0.224 e. The number of anilines is 2. The Hall–Kier alpha value is -1.29. The van der Waals surface area contributed by atoms with Crippen LogP contribution in [0.5, 0.6) is 0 Å². The van der Waals surface area contributed by atoms with E-state index in [1.807, 2.05) is 25.1 Å². The van der Waals surface area contributed by atoms with Gasteiger partial charge < -0.3 is 10.2 Å². The van der Waals surface area contributed by atoms with Gasteiger partial charge in [-0.1, -0.05) is 18.2 Å². The van der Waals surface area contributed by atoms with Gasteiger partial charge in [0.1, 0.15) is 5.82 Å². The molecule has 14 heavy (non-hydrogen) atoms. The quantitative estimate of drug-likeness (QED) is 0.825. The SMILES string of the molecule is C=C(Cl)CNc1nccc(N(C)C)n1. The third-order valence-corrected chi connectivity index (χ3v) is 1.67. The summed E-state index contributed by atoms with van der Waals surface area (Å²) in [5.41, 5.74) is 0. The normalized spacial score (nSPS) is 9.64. The minimum absolute atomic E-state index is 0.471. The van der Waals surface area contributed by atoms with Gasteiger partial charge in [0.2, 0.25) is 5.95 Å². The van der Waals surface area contributed by atoms with E-state index in [0.29, 0.717) is 17.5 Å². The van der Waals surface area contributed by atoms with Crippen LogP contribution in [-0.2, 0) is 0 Å². The molecule has 0 saturated heterocycles. The Balaban J connectivity index is 2.68. The first-order chi connectivity index (χ1) is 6.59. The number of nitrogens with one attached hydrogen (secondary N) is 1. The van der Waals surface area contributed by atoms with Crippen molar-refractivity contribution >= 4 is 23.4 Å². The van der Waals surface area contributed by atoms with E-state index in [1.165, 1.54) is 0 Å². The molecule has 0 spiro atoms. The van der Waals surface area contributed by atoms with Crippen LogP contribution in [0.3, 0.4) is 0 Å². The highest BCUT2D eigenvalue weighted by molar-refractivity contribution is 6.29. The molecule has 0 atom stereocenters. The Morgan fingerprint density at radius 1 is 1.64 bits per heavy atom. The van der Waals surface area contributed by atoms with E-state index in [0.717, 1.165) is 5.82 Å². The fraction of sp³-hybridized carbons (Fsp3) is 0.333. The first kappa shape index (κ1) is 10.8. The molecule has 1 heterocycles. The summed E-state index contributed by atoms with van der Waals surface area (Å²) in [6.07, 6.45) is 1.70. The molecule has 0 bridgehead atoms. The van der Waals surface area contributed by atoms with Crippen molar-refractivity contribution in [2.24, 2.45) is 0 Å². The predicted octanol–water partition coefficient (Wildman–Crippen LogP) is 1.71.